The normalized spacial score (nSPS) is 12.5. The van der Waals surface area contributed by atoms with Crippen molar-refractivity contribution in [3.63, 3.8) is 0 Å². The molecular weight excluding hydrogens is 598 g/mol. The minimum atomic E-state index is -4.18. The van der Waals surface area contributed by atoms with Crippen molar-refractivity contribution in [1.82, 2.24) is 10.2 Å². The lowest BCUT2D eigenvalue weighted by molar-refractivity contribution is -0.140. The van der Waals surface area contributed by atoms with Crippen molar-refractivity contribution in [1.29, 1.82) is 0 Å². The molecule has 2 amide bonds. The van der Waals surface area contributed by atoms with E-state index in [9.17, 15) is 18.0 Å². The number of nitrogens with zero attached hydrogens (tertiary/aromatic N) is 2. The van der Waals surface area contributed by atoms with Crippen molar-refractivity contribution in [3.05, 3.63) is 125 Å². The molecule has 0 unspecified atom stereocenters. The van der Waals surface area contributed by atoms with E-state index in [0.29, 0.717) is 11.4 Å². The molecule has 0 heterocycles. The summed E-state index contributed by atoms with van der Waals surface area (Å²) in [7, 11) is -2.65. The van der Waals surface area contributed by atoms with E-state index in [1.54, 1.807) is 36.4 Å². The topological polar surface area (TPSA) is 96.0 Å². The number of anilines is 1. The molecule has 0 aliphatic heterocycles. The summed E-state index contributed by atoms with van der Waals surface area (Å²) >= 11 is 0. The number of aryl methyl sites for hydroxylation is 2. The Kier molecular flexibility index (Phi) is 11.6. The second-order valence-electron chi connectivity index (χ2n) is 11.6. The Balaban J connectivity index is 1.81. The van der Waals surface area contributed by atoms with Gasteiger partial charge in [-0.25, -0.2) is 8.42 Å². The molecule has 0 aromatic heterocycles. The third-order valence-electron chi connectivity index (χ3n) is 7.96. The Morgan fingerprint density at radius 1 is 0.826 bits per heavy atom. The number of hydrogen-bond donors (Lipinski definition) is 1. The minimum Gasteiger partial charge on any atom is -0.497 e. The van der Waals surface area contributed by atoms with Crippen LogP contribution >= 0.6 is 0 Å². The molecule has 4 aromatic carbocycles. The number of rotatable bonds is 14. The number of amides is 2. The van der Waals surface area contributed by atoms with Gasteiger partial charge in [0.25, 0.3) is 10.0 Å². The van der Waals surface area contributed by atoms with E-state index in [0.717, 1.165) is 33.0 Å². The van der Waals surface area contributed by atoms with Crippen LogP contribution in [0.2, 0.25) is 0 Å². The molecule has 2 atom stereocenters. The Morgan fingerprint density at radius 3 is 2.09 bits per heavy atom. The number of sulfonamides is 1. The van der Waals surface area contributed by atoms with Crippen LogP contribution in [0.1, 0.15) is 42.5 Å². The summed E-state index contributed by atoms with van der Waals surface area (Å²) in [4.78, 5) is 30.1. The van der Waals surface area contributed by atoms with Crippen LogP contribution in [0.15, 0.2) is 108 Å². The first kappa shape index (κ1) is 34.2. The van der Waals surface area contributed by atoms with Crippen LogP contribution < -0.4 is 14.4 Å². The first-order valence-corrected chi connectivity index (χ1v) is 16.9. The summed E-state index contributed by atoms with van der Waals surface area (Å²) in [5.41, 5.74) is 3.93. The zero-order valence-corrected chi connectivity index (χ0v) is 28.0. The zero-order valence-electron chi connectivity index (χ0n) is 27.1. The van der Waals surface area contributed by atoms with Crippen LogP contribution in [-0.2, 0) is 32.6 Å². The van der Waals surface area contributed by atoms with Crippen LogP contribution in [0.4, 0.5) is 5.69 Å². The number of carbonyl (C=O) groups excluding carboxylic acids is 2. The third-order valence-corrected chi connectivity index (χ3v) is 9.74. The molecule has 8 nitrogen and oxygen atoms in total. The first-order chi connectivity index (χ1) is 22.0. The number of methoxy groups -OCH3 is 1. The minimum absolute atomic E-state index is 0.0577. The van der Waals surface area contributed by atoms with Crippen LogP contribution in [0, 0.1) is 13.8 Å². The average Bonchev–Trinajstić information content (AvgIpc) is 3.05. The Bertz CT molecular complexity index is 1710. The van der Waals surface area contributed by atoms with Crippen molar-refractivity contribution in [2.45, 2.75) is 64.1 Å². The molecule has 0 aliphatic carbocycles. The highest BCUT2D eigenvalue weighted by atomic mass is 32.2. The van der Waals surface area contributed by atoms with Gasteiger partial charge in [-0.15, -0.1) is 0 Å². The second-order valence-corrected chi connectivity index (χ2v) is 13.4. The van der Waals surface area contributed by atoms with Gasteiger partial charge in [-0.05, 0) is 74.7 Å². The molecule has 0 radical (unpaired) electrons. The summed E-state index contributed by atoms with van der Waals surface area (Å²) in [6, 6.07) is 29.3. The van der Waals surface area contributed by atoms with E-state index in [4.69, 9.17) is 4.74 Å². The summed E-state index contributed by atoms with van der Waals surface area (Å²) in [6.07, 6.45) is 0.976. The Hall–Kier alpha value is -4.63. The predicted octanol–water partition coefficient (Wildman–Crippen LogP) is 6.06. The van der Waals surface area contributed by atoms with E-state index >= 15 is 0 Å². The number of ether oxygens (including phenoxy) is 1. The van der Waals surface area contributed by atoms with Gasteiger partial charge in [0.15, 0.2) is 0 Å². The lowest BCUT2D eigenvalue weighted by Crippen LogP contribution is -2.54. The Labute approximate surface area is 273 Å². The van der Waals surface area contributed by atoms with E-state index < -0.39 is 28.5 Å². The molecule has 0 saturated heterocycles. The van der Waals surface area contributed by atoms with E-state index in [1.807, 2.05) is 82.3 Å². The van der Waals surface area contributed by atoms with Crippen molar-refractivity contribution in [3.8, 4) is 5.75 Å². The first-order valence-electron chi connectivity index (χ1n) is 15.4. The molecule has 0 fully saturated rings. The van der Waals surface area contributed by atoms with Crippen molar-refractivity contribution < 1.29 is 22.7 Å². The molecular formula is C37H43N3O5S. The molecule has 0 aliphatic rings. The number of nitrogens with one attached hydrogen (secondary N) is 1. The summed E-state index contributed by atoms with van der Waals surface area (Å²) in [6.45, 7) is 7.34. The highest BCUT2D eigenvalue weighted by Crippen LogP contribution is 2.27. The van der Waals surface area contributed by atoms with Crippen LogP contribution in [0.25, 0.3) is 0 Å². The Morgan fingerprint density at radius 2 is 1.48 bits per heavy atom. The van der Waals surface area contributed by atoms with Gasteiger partial charge in [-0.2, -0.15) is 0 Å². The summed E-state index contributed by atoms with van der Waals surface area (Å²) in [5, 5.41) is 3.06. The van der Waals surface area contributed by atoms with Gasteiger partial charge >= 0.3 is 0 Å². The van der Waals surface area contributed by atoms with Gasteiger partial charge in [-0.3, -0.25) is 13.9 Å². The van der Waals surface area contributed by atoms with Gasteiger partial charge in [0.2, 0.25) is 11.8 Å². The SMILES string of the molecule is CC[C@H](C)NC(=O)[C@H](Cc1ccccc1)N(Cc1cccc(C)c1)C(=O)CN(c1ccc(OC)cc1)S(=O)(=O)c1ccc(C)cc1. The molecule has 46 heavy (non-hydrogen) atoms. The predicted molar refractivity (Wildman–Crippen MR) is 182 cm³/mol. The van der Waals surface area contributed by atoms with Gasteiger partial charge in [0.1, 0.15) is 18.3 Å². The highest BCUT2D eigenvalue weighted by molar-refractivity contribution is 7.92. The lowest BCUT2D eigenvalue weighted by Gasteiger charge is -2.34. The second kappa shape index (κ2) is 15.6. The van der Waals surface area contributed by atoms with E-state index in [-0.39, 0.29) is 29.8 Å². The molecule has 9 heteroatoms. The average molecular weight is 642 g/mol. The van der Waals surface area contributed by atoms with Crippen molar-refractivity contribution in [2.75, 3.05) is 18.0 Å². The maximum absolute atomic E-state index is 14.6. The molecule has 242 valence electrons. The van der Waals surface area contributed by atoms with Gasteiger partial charge in [0, 0.05) is 19.0 Å². The van der Waals surface area contributed by atoms with Gasteiger partial charge < -0.3 is 15.0 Å². The fourth-order valence-corrected chi connectivity index (χ4v) is 6.53. The van der Waals surface area contributed by atoms with Gasteiger partial charge in [-0.1, -0.05) is 84.8 Å². The van der Waals surface area contributed by atoms with Crippen molar-refractivity contribution in [2.24, 2.45) is 0 Å². The number of hydrogen-bond acceptors (Lipinski definition) is 5. The molecule has 0 saturated carbocycles. The molecule has 4 rings (SSSR count). The van der Waals surface area contributed by atoms with Gasteiger partial charge in [0.05, 0.1) is 17.7 Å². The number of carbonyl (C=O) groups is 2. The fraction of sp³-hybridized carbons (Fsp3) is 0.297. The van der Waals surface area contributed by atoms with E-state index in [1.165, 1.54) is 24.1 Å². The molecule has 1 N–H and O–H groups in total. The molecule has 0 bridgehead atoms. The number of benzene rings is 4. The molecule has 4 aromatic rings. The smallest absolute Gasteiger partial charge is 0.264 e. The monoisotopic (exact) mass is 641 g/mol. The third kappa shape index (κ3) is 8.75. The zero-order chi connectivity index (χ0) is 33.3. The van der Waals surface area contributed by atoms with Crippen molar-refractivity contribution >= 4 is 27.5 Å². The van der Waals surface area contributed by atoms with Crippen LogP contribution in [0.3, 0.4) is 0 Å². The van der Waals surface area contributed by atoms with Crippen LogP contribution in [0.5, 0.6) is 5.75 Å². The molecule has 0 spiro atoms. The summed E-state index contributed by atoms with van der Waals surface area (Å²) in [5.74, 6) is -0.252. The highest BCUT2D eigenvalue weighted by Gasteiger charge is 2.35. The quantitative estimate of drug-likeness (QED) is 0.181. The lowest BCUT2D eigenvalue weighted by atomic mass is 10.0. The maximum atomic E-state index is 14.6. The fourth-order valence-electron chi connectivity index (χ4n) is 5.12. The maximum Gasteiger partial charge on any atom is 0.264 e. The largest absolute Gasteiger partial charge is 0.497 e. The summed E-state index contributed by atoms with van der Waals surface area (Å²) < 4.78 is 34.8. The standard InChI is InChI=1S/C37H43N3O5S/c1-6-29(4)38-37(42)35(24-30-12-8-7-9-13-30)39(25-31-14-10-11-28(3)23-31)36(41)26-40(32-17-19-33(45-5)20-18-32)46(43,44)34-21-15-27(2)16-22-34/h7-23,29,35H,6,24-26H2,1-5H3,(H,38,42)/t29-,35-/m0/s1. The van der Waals surface area contributed by atoms with E-state index in [2.05, 4.69) is 5.32 Å². The van der Waals surface area contributed by atoms with Crippen LogP contribution in [-0.4, -0.2) is 50.9 Å².